The number of nitrogens with two attached hydrogens (primary N) is 1. The number of alkyl carbamates (subject to hydrolysis) is 2. The number of nitrogens with zero attached hydrogens (tertiary/aromatic N) is 4. The van der Waals surface area contributed by atoms with Gasteiger partial charge in [-0.15, -0.1) is 0 Å². The van der Waals surface area contributed by atoms with E-state index in [0.29, 0.717) is 27.7 Å². The van der Waals surface area contributed by atoms with Gasteiger partial charge < -0.3 is 65.3 Å². The molecule has 23 nitrogen and oxygen atoms in total. The van der Waals surface area contributed by atoms with Crippen LogP contribution in [0.15, 0.2) is 64.2 Å². The topological polar surface area (TPSA) is 350 Å². The Kier molecular flexibility index (Phi) is 21.2. The lowest BCUT2D eigenvalue weighted by Gasteiger charge is -2.27. The lowest BCUT2D eigenvalue weighted by Crippen LogP contribution is -2.55. The molecule has 0 radical (unpaired) electrons. The minimum Gasteiger partial charge on any atom is -0.490 e. The van der Waals surface area contributed by atoms with Crippen molar-refractivity contribution in [3.8, 4) is 40.5 Å². The molecule has 4 rings (SSSR count). The molecular formula is C50H60ClN9O14S. The van der Waals surface area contributed by atoms with Gasteiger partial charge in [-0.05, 0) is 111 Å². The Hall–Kier alpha value is -7.64. The summed E-state index contributed by atoms with van der Waals surface area (Å²) in [5.74, 6) is -3.67. The predicted molar refractivity (Wildman–Crippen MR) is 271 cm³/mol. The number of carbonyl (C=O) groups is 6. The molecule has 2 aromatic heterocycles. The molecule has 0 fully saturated rings. The fourth-order valence-electron chi connectivity index (χ4n) is 6.37. The number of benzene rings is 2. The van der Waals surface area contributed by atoms with Crippen LogP contribution in [0.3, 0.4) is 0 Å². The van der Waals surface area contributed by atoms with Crippen molar-refractivity contribution < 1.29 is 67.1 Å². The Bertz CT molecular complexity index is 2760. The number of nitrogen functional groups attached to an aromatic ring is 1. The molecule has 0 aliphatic heterocycles. The molecule has 0 unspecified atom stereocenters. The third-order valence-corrected chi connectivity index (χ3v) is 11.3. The van der Waals surface area contributed by atoms with E-state index in [1.165, 1.54) is 58.2 Å². The zero-order chi connectivity index (χ0) is 55.9. The summed E-state index contributed by atoms with van der Waals surface area (Å²) in [5.41, 5.74) is 6.24. The van der Waals surface area contributed by atoms with Crippen LogP contribution in [-0.2, 0) is 43.9 Å². The first-order chi connectivity index (χ1) is 35.1. The molecule has 4 amide bonds. The summed E-state index contributed by atoms with van der Waals surface area (Å²) in [6.07, 6.45) is -5.03. The number of amides is 4. The highest BCUT2D eigenvalue weighted by molar-refractivity contribution is 7.98. The van der Waals surface area contributed by atoms with Crippen molar-refractivity contribution in [1.29, 1.82) is 10.5 Å². The fourth-order valence-corrected chi connectivity index (χ4v) is 7.36. The van der Waals surface area contributed by atoms with Crippen LogP contribution >= 0.6 is 23.4 Å². The highest BCUT2D eigenvalue weighted by atomic mass is 35.5. The molecule has 8 N–H and O–H groups in total. The summed E-state index contributed by atoms with van der Waals surface area (Å²) in [4.78, 5) is 86.8. The first kappa shape index (κ1) is 59.9. The Morgan fingerprint density at radius 1 is 0.733 bits per heavy atom. The third-order valence-electron chi connectivity index (χ3n) is 10.0. The Balaban J connectivity index is 1.56. The van der Waals surface area contributed by atoms with Crippen molar-refractivity contribution in [2.24, 2.45) is 0 Å². The number of aliphatic hydroxyl groups excluding tert-OH is 2. The SMILES string of the molecule is C[C@H](NC(=O)OC(C)(C)C)C(=O)N[C@H](C(=O)OC[C@H](COc1ccc(-c2c(C#N)c(N)nc(SCc3coc(-c4ccc(Cl)cc4)n3)c2C#N)cc1)OC(=O)[C@@H](NC(=O)[C@H](C)NC(=O)OC(C)(C)C)[C@@H](C)O)[C@@H](C)O. The van der Waals surface area contributed by atoms with Gasteiger partial charge in [0.25, 0.3) is 0 Å². The number of thioether (sulfide) groups is 1. The molecule has 4 aromatic rings. The second-order valence-electron chi connectivity index (χ2n) is 18.8. The van der Waals surface area contributed by atoms with E-state index in [9.17, 15) is 49.5 Å². The molecule has 0 aliphatic carbocycles. The van der Waals surface area contributed by atoms with Crippen LogP contribution in [0.2, 0.25) is 5.02 Å². The molecule has 0 aliphatic rings. The van der Waals surface area contributed by atoms with Crippen LogP contribution in [-0.4, -0.2) is 123 Å². The van der Waals surface area contributed by atoms with Gasteiger partial charge in [0.1, 0.15) is 77.1 Å². The van der Waals surface area contributed by atoms with Crippen LogP contribution in [0.5, 0.6) is 5.75 Å². The quantitative estimate of drug-likeness (QED) is 0.0325. The van der Waals surface area contributed by atoms with Gasteiger partial charge in [0, 0.05) is 21.9 Å². The van der Waals surface area contributed by atoms with Crippen molar-refractivity contribution in [3.63, 3.8) is 0 Å². The first-order valence-electron chi connectivity index (χ1n) is 23.1. The van der Waals surface area contributed by atoms with Crippen molar-refractivity contribution in [1.82, 2.24) is 31.2 Å². The number of ether oxygens (including phenoxy) is 5. The second kappa shape index (κ2) is 26.5. The number of aromatic nitrogens is 2. The number of rotatable bonds is 21. The fraction of sp³-hybridized carbons (Fsp3) is 0.440. The lowest BCUT2D eigenvalue weighted by atomic mass is 9.97. The summed E-state index contributed by atoms with van der Waals surface area (Å²) < 4.78 is 33.0. The van der Waals surface area contributed by atoms with Crippen molar-refractivity contribution >= 4 is 65.1 Å². The molecular weight excluding hydrogens is 1020 g/mol. The van der Waals surface area contributed by atoms with E-state index in [0.717, 1.165) is 11.8 Å². The number of oxazole rings is 1. The number of hydrogen-bond acceptors (Lipinski definition) is 20. The summed E-state index contributed by atoms with van der Waals surface area (Å²) in [6, 6.07) is 11.1. The van der Waals surface area contributed by atoms with E-state index in [4.69, 9.17) is 45.4 Å². The van der Waals surface area contributed by atoms with E-state index in [2.05, 4.69) is 37.3 Å². The number of carbonyl (C=O) groups excluding carboxylic acids is 6. The van der Waals surface area contributed by atoms with Crippen LogP contribution in [0.1, 0.15) is 86.1 Å². The van der Waals surface area contributed by atoms with Crippen LogP contribution < -0.4 is 31.7 Å². The average Bonchev–Trinajstić information content (AvgIpc) is 3.80. The van der Waals surface area contributed by atoms with Gasteiger partial charge in [0.2, 0.25) is 17.7 Å². The van der Waals surface area contributed by atoms with Gasteiger partial charge in [0.05, 0.1) is 23.5 Å². The van der Waals surface area contributed by atoms with Gasteiger partial charge in [-0.1, -0.05) is 35.5 Å². The number of nitrogens with one attached hydrogen (secondary N) is 4. The molecule has 0 saturated carbocycles. The summed E-state index contributed by atoms with van der Waals surface area (Å²) in [5, 5.41) is 51.7. The number of halogens is 1. The standard InChI is InChI=1S/C50H60ClN9O14S/c1-25(55-47(67)73-49(5,6)7)41(63)58-38(27(3)61)45(65)71-23-34(72-46(66)39(28(4)62)59-42(64)26(2)56-48(68)74-50(8,9)10)22-69-33-17-13-29(14-18-33)37-35(19-52)40(54)60-44(36(37)20-53)75-24-32-21-70-43(57-32)30-11-15-31(51)16-12-30/h11-18,21,25-28,34,38-39,61-62H,22-24H2,1-10H3,(H2,54,60)(H,55,67)(H,56,68)(H,58,63)(H,59,64)/t25-,26-,27+,28+,34-,38-,39-/m0/s1. The number of anilines is 1. The maximum absolute atomic E-state index is 13.7. The highest BCUT2D eigenvalue weighted by Gasteiger charge is 2.35. The molecule has 2 aromatic carbocycles. The average molecular weight is 1080 g/mol. The number of nitriles is 2. The minimum atomic E-state index is -1.75. The number of aliphatic hydroxyl groups is 2. The molecule has 25 heteroatoms. The monoisotopic (exact) mass is 1080 g/mol. The molecule has 0 spiro atoms. The van der Waals surface area contributed by atoms with Crippen LogP contribution in [0, 0.1) is 22.7 Å². The first-order valence-corrected chi connectivity index (χ1v) is 24.5. The van der Waals surface area contributed by atoms with Crippen molar-refractivity contribution in [3.05, 3.63) is 76.6 Å². The zero-order valence-corrected chi connectivity index (χ0v) is 44.4. The van der Waals surface area contributed by atoms with Crippen LogP contribution in [0.4, 0.5) is 15.4 Å². The van der Waals surface area contributed by atoms with E-state index >= 15 is 0 Å². The second-order valence-corrected chi connectivity index (χ2v) is 20.2. The third kappa shape index (κ3) is 18.4. The summed E-state index contributed by atoms with van der Waals surface area (Å²) in [6.45, 7) is 13.3. The molecule has 402 valence electrons. The van der Waals surface area contributed by atoms with Crippen molar-refractivity contribution in [2.45, 2.75) is 134 Å². The Morgan fingerprint density at radius 2 is 1.24 bits per heavy atom. The minimum absolute atomic E-state index is 0.0462. The molecule has 2 heterocycles. The van der Waals surface area contributed by atoms with E-state index < -0.39 is 103 Å². The van der Waals surface area contributed by atoms with Gasteiger partial charge in [-0.2, -0.15) is 10.5 Å². The van der Waals surface area contributed by atoms with Crippen molar-refractivity contribution in [2.75, 3.05) is 18.9 Å². The zero-order valence-electron chi connectivity index (χ0n) is 42.8. The molecule has 7 atom stereocenters. The molecule has 75 heavy (non-hydrogen) atoms. The number of esters is 2. The van der Waals surface area contributed by atoms with E-state index in [1.807, 2.05) is 6.07 Å². The van der Waals surface area contributed by atoms with Gasteiger partial charge in [-0.3, -0.25) is 9.59 Å². The van der Waals surface area contributed by atoms with Crippen LogP contribution in [0.25, 0.3) is 22.6 Å². The summed E-state index contributed by atoms with van der Waals surface area (Å²) in [7, 11) is 0. The lowest BCUT2D eigenvalue weighted by molar-refractivity contribution is -0.167. The van der Waals surface area contributed by atoms with E-state index in [1.54, 1.807) is 65.8 Å². The molecule has 0 saturated heterocycles. The maximum atomic E-state index is 13.7. The maximum Gasteiger partial charge on any atom is 0.408 e. The largest absolute Gasteiger partial charge is 0.490 e. The Labute approximate surface area is 442 Å². The van der Waals surface area contributed by atoms with E-state index in [-0.39, 0.29) is 39.0 Å². The number of pyridine rings is 1. The number of hydrogen-bond donors (Lipinski definition) is 7. The normalized spacial score (nSPS) is 14.1. The highest BCUT2D eigenvalue weighted by Crippen LogP contribution is 2.37. The smallest absolute Gasteiger partial charge is 0.408 e. The van der Waals surface area contributed by atoms with Gasteiger partial charge >= 0.3 is 24.1 Å². The van der Waals surface area contributed by atoms with Gasteiger partial charge in [0.15, 0.2) is 18.2 Å². The van der Waals surface area contributed by atoms with Gasteiger partial charge in [-0.25, -0.2) is 29.1 Å². The Morgan fingerprint density at radius 3 is 1.73 bits per heavy atom. The summed E-state index contributed by atoms with van der Waals surface area (Å²) >= 11 is 7.15. The molecule has 0 bridgehead atoms. The predicted octanol–water partition coefficient (Wildman–Crippen LogP) is 5.07.